The average molecular weight is 260 g/mol. The Labute approximate surface area is 111 Å². The molecule has 0 aliphatic heterocycles. The van der Waals surface area contributed by atoms with Gasteiger partial charge in [0, 0.05) is 24.4 Å². The van der Waals surface area contributed by atoms with E-state index in [1.54, 1.807) is 23.0 Å². The van der Waals surface area contributed by atoms with Gasteiger partial charge in [-0.2, -0.15) is 5.10 Å². The Morgan fingerprint density at radius 1 is 1.47 bits per heavy atom. The van der Waals surface area contributed by atoms with Crippen molar-refractivity contribution in [3.05, 3.63) is 57.9 Å². The summed E-state index contributed by atoms with van der Waals surface area (Å²) in [5, 5.41) is 14.9. The number of nitro benzene ring substituents is 1. The van der Waals surface area contributed by atoms with Crippen LogP contribution in [0.1, 0.15) is 18.1 Å². The molecule has 0 spiro atoms. The van der Waals surface area contributed by atoms with Gasteiger partial charge in [-0.1, -0.05) is 12.1 Å². The van der Waals surface area contributed by atoms with Crippen molar-refractivity contribution in [3.8, 4) is 0 Å². The summed E-state index contributed by atoms with van der Waals surface area (Å²) in [6.45, 7) is 2.46. The fourth-order valence-electron chi connectivity index (χ4n) is 1.93. The van der Waals surface area contributed by atoms with E-state index in [1.807, 2.05) is 19.2 Å². The zero-order valence-corrected chi connectivity index (χ0v) is 10.7. The van der Waals surface area contributed by atoms with E-state index >= 15 is 0 Å². The van der Waals surface area contributed by atoms with Crippen LogP contribution in [0.5, 0.6) is 0 Å². The van der Waals surface area contributed by atoms with E-state index in [9.17, 15) is 10.1 Å². The van der Waals surface area contributed by atoms with Crippen LogP contribution >= 0.6 is 0 Å². The molecule has 2 aromatic rings. The quantitative estimate of drug-likeness (QED) is 0.655. The van der Waals surface area contributed by atoms with Gasteiger partial charge in [0.25, 0.3) is 5.69 Å². The van der Waals surface area contributed by atoms with E-state index in [0.717, 1.165) is 17.5 Å². The van der Waals surface area contributed by atoms with Crippen LogP contribution in [0.4, 0.5) is 5.69 Å². The highest BCUT2D eigenvalue weighted by atomic mass is 16.6. The van der Waals surface area contributed by atoms with Crippen molar-refractivity contribution in [2.24, 2.45) is 5.73 Å². The Bertz CT molecular complexity index is 578. The second-order valence-corrected chi connectivity index (χ2v) is 4.65. The van der Waals surface area contributed by atoms with Crippen LogP contribution in [-0.2, 0) is 13.0 Å². The lowest BCUT2D eigenvalue weighted by molar-refractivity contribution is -0.384. The van der Waals surface area contributed by atoms with Crippen molar-refractivity contribution < 1.29 is 4.92 Å². The first kappa shape index (κ1) is 13.2. The molecule has 100 valence electrons. The van der Waals surface area contributed by atoms with Crippen molar-refractivity contribution in [3.63, 3.8) is 0 Å². The fourth-order valence-corrected chi connectivity index (χ4v) is 1.93. The summed E-state index contributed by atoms with van der Waals surface area (Å²) < 4.78 is 1.76. The van der Waals surface area contributed by atoms with Gasteiger partial charge in [0.1, 0.15) is 0 Å². The predicted octanol–water partition coefficient (Wildman–Crippen LogP) is 1.73. The molecular weight excluding hydrogens is 244 g/mol. The van der Waals surface area contributed by atoms with E-state index in [1.165, 1.54) is 6.07 Å². The highest BCUT2D eigenvalue weighted by Crippen LogP contribution is 2.14. The minimum absolute atomic E-state index is 0.0930. The minimum atomic E-state index is -0.395. The van der Waals surface area contributed by atoms with E-state index in [-0.39, 0.29) is 11.7 Å². The third kappa shape index (κ3) is 3.62. The summed E-state index contributed by atoms with van der Waals surface area (Å²) in [4.78, 5) is 10.3. The van der Waals surface area contributed by atoms with Crippen LogP contribution < -0.4 is 5.73 Å². The fraction of sp³-hybridized carbons (Fsp3) is 0.308. The maximum Gasteiger partial charge on any atom is 0.269 e. The SMILES string of the molecule is CC(N)Cc1cnn(Cc2cccc([N+](=O)[O-])c2)c1. The number of hydrogen-bond acceptors (Lipinski definition) is 4. The molecule has 1 aromatic heterocycles. The number of aromatic nitrogens is 2. The third-order valence-corrected chi connectivity index (χ3v) is 2.71. The number of non-ortho nitro benzene ring substituents is 1. The lowest BCUT2D eigenvalue weighted by Crippen LogP contribution is -2.17. The van der Waals surface area contributed by atoms with Crippen LogP contribution in [0.25, 0.3) is 0 Å². The molecular formula is C13H16N4O2. The molecule has 2 N–H and O–H groups in total. The van der Waals surface area contributed by atoms with E-state index in [4.69, 9.17) is 5.73 Å². The van der Waals surface area contributed by atoms with E-state index in [0.29, 0.717) is 6.54 Å². The first-order valence-electron chi connectivity index (χ1n) is 6.05. The number of benzene rings is 1. The van der Waals surface area contributed by atoms with Crippen molar-refractivity contribution in [1.82, 2.24) is 9.78 Å². The molecule has 1 atom stereocenters. The second-order valence-electron chi connectivity index (χ2n) is 4.65. The summed E-state index contributed by atoms with van der Waals surface area (Å²) in [6.07, 6.45) is 4.47. The van der Waals surface area contributed by atoms with Crippen molar-refractivity contribution >= 4 is 5.69 Å². The second kappa shape index (κ2) is 5.62. The van der Waals surface area contributed by atoms with Gasteiger partial charge in [-0.15, -0.1) is 0 Å². The molecule has 0 radical (unpaired) electrons. The molecule has 1 aromatic carbocycles. The molecule has 0 aliphatic rings. The molecule has 0 fully saturated rings. The van der Waals surface area contributed by atoms with Gasteiger partial charge in [-0.05, 0) is 24.5 Å². The van der Waals surface area contributed by atoms with Gasteiger partial charge in [-0.3, -0.25) is 14.8 Å². The first-order chi connectivity index (χ1) is 9.04. The maximum absolute atomic E-state index is 10.7. The Morgan fingerprint density at radius 2 is 2.26 bits per heavy atom. The third-order valence-electron chi connectivity index (χ3n) is 2.71. The molecule has 6 heteroatoms. The van der Waals surface area contributed by atoms with E-state index < -0.39 is 4.92 Å². The predicted molar refractivity (Wildman–Crippen MR) is 71.8 cm³/mol. The zero-order chi connectivity index (χ0) is 13.8. The van der Waals surface area contributed by atoms with Crippen LogP contribution in [0, 0.1) is 10.1 Å². The Kier molecular flexibility index (Phi) is 3.91. The monoisotopic (exact) mass is 260 g/mol. The molecule has 6 nitrogen and oxygen atoms in total. The van der Waals surface area contributed by atoms with Gasteiger partial charge < -0.3 is 5.73 Å². The Hall–Kier alpha value is -2.21. The molecule has 19 heavy (non-hydrogen) atoms. The normalized spacial score (nSPS) is 12.3. The largest absolute Gasteiger partial charge is 0.328 e. The highest BCUT2D eigenvalue weighted by molar-refractivity contribution is 5.34. The van der Waals surface area contributed by atoms with Crippen LogP contribution in [0.3, 0.4) is 0 Å². The summed E-state index contributed by atoms with van der Waals surface area (Å²) in [6, 6.07) is 6.66. The summed E-state index contributed by atoms with van der Waals surface area (Å²) in [5.41, 5.74) is 7.75. The zero-order valence-electron chi connectivity index (χ0n) is 10.7. The molecule has 1 heterocycles. The van der Waals surface area contributed by atoms with Crippen molar-refractivity contribution in [2.75, 3.05) is 0 Å². The molecule has 0 saturated heterocycles. The van der Waals surface area contributed by atoms with Crippen molar-refractivity contribution in [2.45, 2.75) is 25.9 Å². The number of nitrogens with two attached hydrogens (primary N) is 1. The molecule has 0 saturated carbocycles. The average Bonchev–Trinajstić information content (AvgIpc) is 2.76. The molecule has 0 aliphatic carbocycles. The van der Waals surface area contributed by atoms with E-state index in [2.05, 4.69) is 5.10 Å². The topological polar surface area (TPSA) is 87.0 Å². The minimum Gasteiger partial charge on any atom is -0.328 e. The van der Waals surface area contributed by atoms with Crippen LogP contribution in [0.15, 0.2) is 36.7 Å². The van der Waals surface area contributed by atoms with Gasteiger partial charge in [0.15, 0.2) is 0 Å². The lowest BCUT2D eigenvalue weighted by Gasteiger charge is -2.02. The summed E-state index contributed by atoms with van der Waals surface area (Å²) >= 11 is 0. The van der Waals surface area contributed by atoms with Crippen molar-refractivity contribution in [1.29, 1.82) is 0 Å². The molecule has 0 bridgehead atoms. The highest BCUT2D eigenvalue weighted by Gasteiger charge is 2.07. The summed E-state index contributed by atoms with van der Waals surface area (Å²) in [5.74, 6) is 0. The van der Waals surface area contributed by atoms with Crippen LogP contribution in [0.2, 0.25) is 0 Å². The molecule has 0 amide bonds. The van der Waals surface area contributed by atoms with Gasteiger partial charge in [-0.25, -0.2) is 0 Å². The number of nitrogens with zero attached hydrogens (tertiary/aromatic N) is 3. The smallest absolute Gasteiger partial charge is 0.269 e. The standard InChI is InChI=1S/C13H16N4O2/c1-10(14)5-12-7-15-16(9-12)8-11-3-2-4-13(6-11)17(18)19/h2-4,6-7,9-10H,5,8,14H2,1H3. The van der Waals surface area contributed by atoms with Gasteiger partial charge in [0.2, 0.25) is 0 Å². The number of rotatable bonds is 5. The Morgan fingerprint density at radius 3 is 2.95 bits per heavy atom. The number of nitro groups is 1. The van der Waals surface area contributed by atoms with Gasteiger partial charge >= 0.3 is 0 Å². The van der Waals surface area contributed by atoms with Crippen LogP contribution in [-0.4, -0.2) is 20.7 Å². The lowest BCUT2D eigenvalue weighted by atomic mass is 10.1. The molecule has 1 unspecified atom stereocenters. The van der Waals surface area contributed by atoms with Gasteiger partial charge in [0.05, 0.1) is 17.7 Å². The first-order valence-corrected chi connectivity index (χ1v) is 6.05. The Balaban J connectivity index is 2.10. The number of hydrogen-bond donors (Lipinski definition) is 1. The molecule has 2 rings (SSSR count). The summed E-state index contributed by atoms with van der Waals surface area (Å²) in [7, 11) is 0. The maximum atomic E-state index is 10.7.